The number of halogens is 1. The summed E-state index contributed by atoms with van der Waals surface area (Å²) in [4.78, 5) is 25.9. The van der Waals surface area contributed by atoms with Crippen LogP contribution < -0.4 is 10.1 Å². The number of hydrogen-bond acceptors (Lipinski definition) is 3. The van der Waals surface area contributed by atoms with Crippen molar-refractivity contribution >= 4 is 11.8 Å². The average molecular weight is 344 g/mol. The smallest absolute Gasteiger partial charge is 0.255 e. The first-order chi connectivity index (χ1) is 12.0. The molecule has 6 heteroatoms. The fraction of sp³-hybridized carbons (Fsp3) is 0.263. The predicted molar refractivity (Wildman–Crippen MR) is 92.8 cm³/mol. The molecule has 132 valence electrons. The maximum atomic E-state index is 12.9. The molecule has 5 nitrogen and oxygen atoms in total. The van der Waals surface area contributed by atoms with E-state index in [9.17, 15) is 14.0 Å². The summed E-state index contributed by atoms with van der Waals surface area (Å²) in [5.74, 6) is -0.452. The lowest BCUT2D eigenvalue weighted by Crippen LogP contribution is -2.37. The van der Waals surface area contributed by atoms with Crippen molar-refractivity contribution in [2.24, 2.45) is 0 Å². The van der Waals surface area contributed by atoms with Crippen molar-refractivity contribution in [2.45, 2.75) is 13.5 Å². The number of likely N-dealkylation sites (N-methyl/N-ethyl adjacent to an activating group) is 1. The SMILES string of the molecule is CCOc1ccccc1C(=O)NCC(=O)N(C)Cc1ccc(F)cc1. The van der Waals surface area contributed by atoms with E-state index in [1.165, 1.54) is 17.0 Å². The van der Waals surface area contributed by atoms with Crippen molar-refractivity contribution < 1.29 is 18.7 Å². The third-order valence-electron chi connectivity index (χ3n) is 3.59. The maximum Gasteiger partial charge on any atom is 0.255 e. The Morgan fingerprint density at radius 2 is 1.80 bits per heavy atom. The Bertz CT molecular complexity index is 732. The number of ether oxygens (including phenoxy) is 1. The Balaban J connectivity index is 1.90. The first-order valence-electron chi connectivity index (χ1n) is 7.99. The molecule has 0 aliphatic heterocycles. The van der Waals surface area contributed by atoms with Crippen molar-refractivity contribution in [2.75, 3.05) is 20.2 Å². The highest BCUT2D eigenvalue weighted by molar-refractivity contribution is 5.98. The molecule has 0 aromatic heterocycles. The number of nitrogens with zero attached hydrogens (tertiary/aromatic N) is 1. The van der Waals surface area contributed by atoms with Crippen molar-refractivity contribution in [1.29, 1.82) is 0 Å². The van der Waals surface area contributed by atoms with E-state index in [1.807, 2.05) is 6.92 Å². The average Bonchev–Trinajstić information content (AvgIpc) is 2.62. The lowest BCUT2D eigenvalue weighted by molar-refractivity contribution is -0.129. The number of hydrogen-bond donors (Lipinski definition) is 1. The normalized spacial score (nSPS) is 10.2. The third kappa shape index (κ3) is 5.31. The standard InChI is InChI=1S/C19H21FN2O3/c1-3-25-17-7-5-4-6-16(17)19(24)21-12-18(23)22(2)13-14-8-10-15(20)11-9-14/h4-11H,3,12-13H2,1-2H3,(H,21,24). The molecule has 0 spiro atoms. The van der Waals surface area contributed by atoms with Crippen molar-refractivity contribution in [3.63, 3.8) is 0 Å². The van der Waals surface area contributed by atoms with Gasteiger partial charge in [-0.25, -0.2) is 4.39 Å². The van der Waals surface area contributed by atoms with Crippen molar-refractivity contribution in [1.82, 2.24) is 10.2 Å². The van der Waals surface area contributed by atoms with E-state index in [2.05, 4.69) is 5.32 Å². The number of para-hydroxylation sites is 1. The van der Waals surface area contributed by atoms with Gasteiger partial charge >= 0.3 is 0 Å². The third-order valence-corrected chi connectivity index (χ3v) is 3.59. The molecule has 0 saturated heterocycles. The molecule has 2 aromatic rings. The summed E-state index contributed by atoms with van der Waals surface area (Å²) in [5, 5.41) is 2.60. The Kier molecular flexibility index (Phi) is 6.51. The van der Waals surface area contributed by atoms with Crippen molar-refractivity contribution in [3.8, 4) is 5.75 Å². The molecule has 0 unspecified atom stereocenters. The second-order valence-corrected chi connectivity index (χ2v) is 5.49. The molecule has 0 fully saturated rings. The fourth-order valence-electron chi connectivity index (χ4n) is 2.27. The Morgan fingerprint density at radius 3 is 2.48 bits per heavy atom. The summed E-state index contributed by atoms with van der Waals surface area (Å²) in [6, 6.07) is 12.8. The molecule has 1 N–H and O–H groups in total. The van der Waals surface area contributed by atoms with Crippen LogP contribution in [0.3, 0.4) is 0 Å². The van der Waals surface area contributed by atoms with Gasteiger partial charge in [0.05, 0.1) is 18.7 Å². The summed E-state index contributed by atoms with van der Waals surface area (Å²) < 4.78 is 18.3. The lowest BCUT2D eigenvalue weighted by Gasteiger charge is -2.18. The van der Waals surface area contributed by atoms with Crippen LogP contribution in [0.4, 0.5) is 4.39 Å². The fourth-order valence-corrected chi connectivity index (χ4v) is 2.27. The van der Waals surface area contributed by atoms with Gasteiger partial charge in [0.1, 0.15) is 11.6 Å². The van der Waals surface area contributed by atoms with Gasteiger partial charge in [0.25, 0.3) is 5.91 Å². The molecular weight excluding hydrogens is 323 g/mol. The highest BCUT2D eigenvalue weighted by Crippen LogP contribution is 2.17. The molecule has 0 aliphatic rings. The van der Waals surface area contributed by atoms with Gasteiger partial charge in [0.15, 0.2) is 0 Å². The second kappa shape index (κ2) is 8.82. The molecule has 0 aliphatic carbocycles. The zero-order valence-electron chi connectivity index (χ0n) is 14.3. The molecule has 2 amide bonds. The summed E-state index contributed by atoms with van der Waals surface area (Å²) >= 11 is 0. The van der Waals surface area contributed by atoms with E-state index < -0.39 is 0 Å². The minimum atomic E-state index is -0.368. The summed E-state index contributed by atoms with van der Waals surface area (Å²) in [6.07, 6.45) is 0. The molecule has 0 heterocycles. The van der Waals surface area contributed by atoms with Crippen LogP contribution in [-0.4, -0.2) is 36.9 Å². The number of benzene rings is 2. The van der Waals surface area contributed by atoms with Crippen LogP contribution in [0.1, 0.15) is 22.8 Å². The molecule has 0 saturated carbocycles. The van der Waals surface area contributed by atoms with Gasteiger partial charge in [0.2, 0.25) is 5.91 Å². The summed E-state index contributed by atoms with van der Waals surface area (Å²) in [7, 11) is 1.63. The number of nitrogens with one attached hydrogen (secondary N) is 1. The highest BCUT2D eigenvalue weighted by atomic mass is 19.1. The number of amides is 2. The molecule has 0 bridgehead atoms. The molecule has 0 atom stereocenters. The van der Waals surface area contributed by atoms with Gasteiger partial charge in [-0.05, 0) is 36.8 Å². The van der Waals surface area contributed by atoms with E-state index in [1.54, 1.807) is 43.4 Å². The van der Waals surface area contributed by atoms with Gasteiger partial charge in [-0.15, -0.1) is 0 Å². The zero-order valence-corrected chi connectivity index (χ0v) is 14.3. The second-order valence-electron chi connectivity index (χ2n) is 5.49. The molecular formula is C19H21FN2O3. The minimum Gasteiger partial charge on any atom is -0.493 e. The summed E-state index contributed by atoms with van der Waals surface area (Å²) in [5.41, 5.74) is 1.20. The van der Waals surface area contributed by atoms with Crippen LogP contribution in [0.25, 0.3) is 0 Å². The van der Waals surface area contributed by atoms with Gasteiger partial charge in [-0.1, -0.05) is 24.3 Å². The van der Waals surface area contributed by atoms with Gasteiger partial charge in [0, 0.05) is 13.6 Å². The molecule has 2 rings (SSSR count). The topological polar surface area (TPSA) is 58.6 Å². The zero-order chi connectivity index (χ0) is 18.2. The number of rotatable bonds is 7. The van der Waals surface area contributed by atoms with Gasteiger partial charge < -0.3 is 15.0 Å². The predicted octanol–water partition coefficient (Wildman–Crippen LogP) is 2.61. The maximum absolute atomic E-state index is 12.9. The van der Waals surface area contributed by atoms with Crippen LogP contribution >= 0.6 is 0 Å². The Morgan fingerprint density at radius 1 is 1.12 bits per heavy atom. The van der Waals surface area contributed by atoms with Gasteiger partial charge in [-0.2, -0.15) is 0 Å². The van der Waals surface area contributed by atoms with Crippen LogP contribution in [0.5, 0.6) is 5.75 Å². The number of carbonyl (C=O) groups is 2. The molecule has 2 aromatic carbocycles. The van der Waals surface area contributed by atoms with Crippen LogP contribution in [0.2, 0.25) is 0 Å². The van der Waals surface area contributed by atoms with Gasteiger partial charge in [-0.3, -0.25) is 9.59 Å². The molecule has 25 heavy (non-hydrogen) atoms. The quantitative estimate of drug-likeness (QED) is 0.840. The first kappa shape index (κ1) is 18.4. The Hall–Kier alpha value is -2.89. The first-order valence-corrected chi connectivity index (χ1v) is 7.99. The largest absolute Gasteiger partial charge is 0.493 e. The highest BCUT2D eigenvalue weighted by Gasteiger charge is 2.15. The van der Waals surface area contributed by atoms with E-state index in [4.69, 9.17) is 4.74 Å². The van der Waals surface area contributed by atoms with Crippen molar-refractivity contribution in [3.05, 3.63) is 65.5 Å². The van der Waals surface area contributed by atoms with E-state index >= 15 is 0 Å². The van der Waals surface area contributed by atoms with Crippen LogP contribution in [0.15, 0.2) is 48.5 Å². The Labute approximate surface area is 146 Å². The van der Waals surface area contributed by atoms with E-state index in [0.29, 0.717) is 24.5 Å². The number of carbonyl (C=O) groups excluding carboxylic acids is 2. The van der Waals surface area contributed by atoms with Crippen LogP contribution in [-0.2, 0) is 11.3 Å². The van der Waals surface area contributed by atoms with Crippen LogP contribution in [0, 0.1) is 5.82 Å². The monoisotopic (exact) mass is 344 g/mol. The molecule has 0 radical (unpaired) electrons. The van der Waals surface area contributed by atoms with E-state index in [0.717, 1.165) is 5.56 Å². The lowest BCUT2D eigenvalue weighted by atomic mass is 10.2. The summed E-state index contributed by atoms with van der Waals surface area (Å²) in [6.45, 7) is 2.49. The minimum absolute atomic E-state index is 0.128. The van der Waals surface area contributed by atoms with E-state index in [-0.39, 0.29) is 24.2 Å².